The zero-order valence-electron chi connectivity index (χ0n) is 18.0. The highest BCUT2D eigenvalue weighted by molar-refractivity contribution is 7.90. The van der Waals surface area contributed by atoms with Gasteiger partial charge in [-0.2, -0.15) is 4.31 Å². The summed E-state index contributed by atoms with van der Waals surface area (Å²) in [5.74, 6) is 0.0427. The fraction of sp³-hybridized carbons (Fsp3) is 0.455. The Morgan fingerprint density at radius 1 is 1.10 bits per heavy atom. The number of hydrogen-bond donors (Lipinski definition) is 1. The van der Waals surface area contributed by atoms with E-state index in [0.29, 0.717) is 13.1 Å². The summed E-state index contributed by atoms with van der Waals surface area (Å²) in [4.78, 5) is -0.310. The third-order valence-electron chi connectivity index (χ3n) is 5.90. The number of sulfonamides is 2. The Morgan fingerprint density at radius 2 is 1.77 bits per heavy atom. The Balaban J connectivity index is 1.92. The van der Waals surface area contributed by atoms with Crippen molar-refractivity contribution >= 4 is 31.6 Å². The van der Waals surface area contributed by atoms with Crippen LogP contribution in [0.1, 0.15) is 50.7 Å². The van der Waals surface area contributed by atoms with Gasteiger partial charge >= 0.3 is 0 Å². The lowest BCUT2D eigenvalue weighted by Gasteiger charge is -2.30. The third kappa shape index (κ3) is 4.98. The molecule has 1 aliphatic carbocycles. The van der Waals surface area contributed by atoms with Gasteiger partial charge in [-0.25, -0.2) is 21.6 Å². The van der Waals surface area contributed by atoms with Gasteiger partial charge in [0, 0.05) is 25.0 Å². The van der Waals surface area contributed by atoms with E-state index in [-0.39, 0.29) is 26.8 Å². The number of halogens is 1. The summed E-state index contributed by atoms with van der Waals surface area (Å²) >= 11 is 6.20. The Hall–Kier alpha value is -1.45. The number of benzene rings is 2. The number of fused-ring (bicyclic) bond motifs is 1. The Bertz CT molecular complexity index is 1150. The molecule has 170 valence electrons. The van der Waals surface area contributed by atoms with Crippen molar-refractivity contribution < 1.29 is 16.8 Å². The smallest absolute Gasteiger partial charge is 0.208 e. The molecule has 2 aromatic carbocycles. The van der Waals surface area contributed by atoms with Crippen LogP contribution in [0.4, 0.5) is 0 Å². The molecule has 0 heterocycles. The van der Waals surface area contributed by atoms with Crippen LogP contribution >= 0.6 is 11.6 Å². The summed E-state index contributed by atoms with van der Waals surface area (Å²) in [6.45, 7) is 5.90. The molecule has 9 heteroatoms. The van der Waals surface area contributed by atoms with E-state index in [4.69, 9.17) is 11.6 Å². The lowest BCUT2D eigenvalue weighted by Crippen LogP contribution is -2.38. The van der Waals surface area contributed by atoms with Gasteiger partial charge in [0.15, 0.2) is 0 Å². The number of rotatable bonds is 8. The fourth-order valence-electron chi connectivity index (χ4n) is 4.26. The standard InChI is InChI=1S/C22H29ClN2O4S2/c1-4-25(5-2)31(28,29)18-13-14-21(23)22(15-18)30(26,27)24-16(3)19-12-8-10-17-9-6-7-11-20(17)19/h6-7,9,11,13-16,19,24H,4-5,8,10,12H2,1-3H3/t16-,19?/m1/s1. The molecule has 0 saturated heterocycles. The maximum absolute atomic E-state index is 13.2. The molecule has 2 aromatic rings. The largest absolute Gasteiger partial charge is 0.243 e. The Morgan fingerprint density at radius 3 is 2.45 bits per heavy atom. The first-order valence-corrected chi connectivity index (χ1v) is 13.8. The quantitative estimate of drug-likeness (QED) is 0.609. The molecule has 2 atom stereocenters. The minimum atomic E-state index is -4.03. The van der Waals surface area contributed by atoms with Crippen molar-refractivity contribution in [1.29, 1.82) is 0 Å². The number of nitrogens with zero attached hydrogens (tertiary/aromatic N) is 1. The lowest BCUT2D eigenvalue weighted by molar-refractivity contribution is 0.445. The van der Waals surface area contributed by atoms with Gasteiger partial charge in [0.1, 0.15) is 4.90 Å². The van der Waals surface area contributed by atoms with Crippen LogP contribution in [0.2, 0.25) is 5.02 Å². The summed E-state index contributed by atoms with van der Waals surface area (Å²) in [5.41, 5.74) is 2.41. The lowest BCUT2D eigenvalue weighted by atomic mass is 9.79. The number of hydrogen-bond acceptors (Lipinski definition) is 4. The highest BCUT2D eigenvalue weighted by Crippen LogP contribution is 2.35. The van der Waals surface area contributed by atoms with Gasteiger partial charge in [-0.15, -0.1) is 0 Å². The van der Waals surface area contributed by atoms with E-state index < -0.39 is 20.0 Å². The number of aryl methyl sites for hydroxylation is 1. The fourth-order valence-corrected chi connectivity index (χ4v) is 7.63. The minimum absolute atomic E-state index is 0.0118. The monoisotopic (exact) mass is 484 g/mol. The SMILES string of the molecule is CCN(CC)S(=O)(=O)c1ccc(Cl)c(S(=O)(=O)N[C@H](C)C2CCCc3ccccc32)c1. The van der Waals surface area contributed by atoms with E-state index in [9.17, 15) is 16.8 Å². The van der Waals surface area contributed by atoms with E-state index in [1.54, 1.807) is 13.8 Å². The van der Waals surface area contributed by atoms with Crippen LogP contribution < -0.4 is 4.72 Å². The summed E-state index contributed by atoms with van der Waals surface area (Å²) in [5, 5.41) is -0.0118. The second-order valence-electron chi connectivity index (χ2n) is 7.79. The van der Waals surface area contributed by atoms with Gasteiger partial charge in [0.25, 0.3) is 0 Å². The van der Waals surface area contributed by atoms with Crippen molar-refractivity contribution in [2.45, 2.75) is 61.8 Å². The van der Waals surface area contributed by atoms with Crippen LogP contribution in [-0.4, -0.2) is 40.3 Å². The maximum atomic E-state index is 13.2. The van der Waals surface area contributed by atoms with E-state index in [0.717, 1.165) is 30.9 Å². The topological polar surface area (TPSA) is 83.6 Å². The molecule has 0 bridgehead atoms. The third-order valence-corrected chi connectivity index (χ3v) is 9.98. The minimum Gasteiger partial charge on any atom is -0.208 e. The summed E-state index contributed by atoms with van der Waals surface area (Å²) in [6, 6.07) is 11.6. The van der Waals surface area contributed by atoms with E-state index in [1.807, 2.05) is 25.1 Å². The molecular weight excluding hydrogens is 456 g/mol. The van der Waals surface area contributed by atoms with Crippen LogP contribution in [0.25, 0.3) is 0 Å². The van der Waals surface area contributed by atoms with Gasteiger partial charge in [-0.3, -0.25) is 0 Å². The summed E-state index contributed by atoms with van der Waals surface area (Å²) < 4.78 is 56.1. The predicted molar refractivity (Wildman–Crippen MR) is 123 cm³/mol. The normalized spacial score (nSPS) is 18.0. The molecule has 0 amide bonds. The van der Waals surface area contributed by atoms with Crippen molar-refractivity contribution in [2.75, 3.05) is 13.1 Å². The molecule has 1 N–H and O–H groups in total. The average molecular weight is 485 g/mol. The molecule has 0 radical (unpaired) electrons. The van der Waals surface area contributed by atoms with E-state index >= 15 is 0 Å². The van der Waals surface area contributed by atoms with Crippen molar-refractivity contribution in [3.8, 4) is 0 Å². The molecule has 0 aliphatic heterocycles. The van der Waals surface area contributed by atoms with E-state index in [2.05, 4.69) is 10.8 Å². The van der Waals surface area contributed by atoms with Crippen LogP contribution in [0.5, 0.6) is 0 Å². The Kier molecular flexibility index (Phi) is 7.48. The first kappa shape index (κ1) is 24.2. The van der Waals surface area contributed by atoms with Crippen LogP contribution in [0, 0.1) is 0 Å². The molecule has 0 aromatic heterocycles. The molecule has 6 nitrogen and oxygen atoms in total. The zero-order chi connectivity index (χ0) is 22.8. The summed E-state index contributed by atoms with van der Waals surface area (Å²) in [6.07, 6.45) is 2.86. The van der Waals surface area contributed by atoms with Crippen LogP contribution in [0.15, 0.2) is 52.3 Å². The average Bonchev–Trinajstić information content (AvgIpc) is 2.73. The van der Waals surface area contributed by atoms with Crippen molar-refractivity contribution in [3.63, 3.8) is 0 Å². The van der Waals surface area contributed by atoms with Gasteiger partial charge in [0.05, 0.1) is 9.92 Å². The highest BCUT2D eigenvalue weighted by Gasteiger charge is 2.31. The van der Waals surface area contributed by atoms with Crippen LogP contribution in [0.3, 0.4) is 0 Å². The van der Waals surface area contributed by atoms with E-state index in [1.165, 1.54) is 22.0 Å². The van der Waals surface area contributed by atoms with Crippen molar-refractivity contribution in [1.82, 2.24) is 9.03 Å². The molecule has 1 unspecified atom stereocenters. The molecular formula is C22H29ClN2O4S2. The molecule has 0 fully saturated rings. The Labute approximate surface area is 190 Å². The summed E-state index contributed by atoms with van der Waals surface area (Å²) in [7, 11) is -7.84. The second kappa shape index (κ2) is 9.58. The predicted octanol–water partition coefficient (Wildman–Crippen LogP) is 4.16. The van der Waals surface area contributed by atoms with Crippen LogP contribution in [-0.2, 0) is 26.5 Å². The second-order valence-corrected chi connectivity index (χ2v) is 11.8. The molecule has 3 rings (SSSR count). The van der Waals surface area contributed by atoms with Crippen molar-refractivity contribution in [3.05, 3.63) is 58.6 Å². The maximum Gasteiger partial charge on any atom is 0.243 e. The van der Waals surface area contributed by atoms with Gasteiger partial charge < -0.3 is 0 Å². The van der Waals surface area contributed by atoms with Gasteiger partial charge in [-0.1, -0.05) is 49.7 Å². The van der Waals surface area contributed by atoms with Gasteiger partial charge in [-0.05, 0) is 55.5 Å². The molecule has 0 spiro atoms. The first-order valence-electron chi connectivity index (χ1n) is 10.5. The molecule has 1 aliphatic rings. The first-order chi connectivity index (χ1) is 14.6. The molecule has 31 heavy (non-hydrogen) atoms. The van der Waals surface area contributed by atoms with Gasteiger partial charge in [0.2, 0.25) is 20.0 Å². The van der Waals surface area contributed by atoms with Crippen molar-refractivity contribution in [2.24, 2.45) is 0 Å². The zero-order valence-corrected chi connectivity index (χ0v) is 20.4. The number of nitrogens with one attached hydrogen (secondary N) is 1. The highest BCUT2D eigenvalue weighted by atomic mass is 35.5. The molecule has 0 saturated carbocycles.